The molecule has 0 aromatic rings. The van der Waals surface area contributed by atoms with Gasteiger partial charge in [0.25, 0.3) is 0 Å². The highest BCUT2D eigenvalue weighted by atomic mass is 35.5. The molecule has 5 nitrogen and oxygen atoms in total. The monoisotopic (exact) mass is 264 g/mol. The summed E-state index contributed by atoms with van der Waals surface area (Å²) in [7, 11) is 1.60. The molecule has 0 aliphatic carbocycles. The second-order valence-corrected chi connectivity index (χ2v) is 3.98. The molecule has 0 aromatic heterocycles. The highest BCUT2D eigenvalue weighted by Crippen LogP contribution is 2.11. The lowest BCUT2D eigenvalue weighted by Gasteiger charge is -2.12. The Morgan fingerprint density at radius 3 is 2.65 bits per heavy atom. The van der Waals surface area contributed by atoms with Gasteiger partial charge in [-0.05, 0) is 31.0 Å². The van der Waals surface area contributed by atoms with Crippen molar-refractivity contribution in [3.8, 4) is 0 Å². The van der Waals surface area contributed by atoms with Crippen molar-refractivity contribution in [1.29, 1.82) is 0 Å². The summed E-state index contributed by atoms with van der Waals surface area (Å²) in [4.78, 5) is 25.2. The van der Waals surface area contributed by atoms with Gasteiger partial charge < -0.3 is 10.1 Å². The predicted octanol–water partition coefficient (Wildman–Crippen LogP) is 1.22. The van der Waals surface area contributed by atoms with Gasteiger partial charge in [-0.1, -0.05) is 6.92 Å². The molecule has 2 N–H and O–H groups in total. The van der Waals surface area contributed by atoms with Gasteiger partial charge in [-0.2, -0.15) is 0 Å². The molecule has 0 unspecified atom stereocenters. The Morgan fingerprint density at radius 1 is 1.41 bits per heavy atom. The number of ether oxygens (including phenoxy) is 1. The van der Waals surface area contributed by atoms with Crippen molar-refractivity contribution in [3.63, 3.8) is 0 Å². The molecule has 1 atom stereocenters. The van der Waals surface area contributed by atoms with Gasteiger partial charge in [0.2, 0.25) is 5.91 Å². The third-order valence-electron chi connectivity index (χ3n) is 2.49. The molecule has 17 heavy (non-hydrogen) atoms. The lowest BCUT2D eigenvalue weighted by atomic mass is 9.99. The molecule has 0 rings (SSSR count). The maximum absolute atomic E-state index is 11.4. The molecule has 0 saturated heterocycles. The lowest BCUT2D eigenvalue weighted by molar-refractivity contribution is -0.144. The molecular weight excluding hydrogens is 244 g/mol. The third kappa shape index (κ3) is 7.99. The topological polar surface area (TPSA) is 67.4 Å². The van der Waals surface area contributed by atoms with E-state index in [1.54, 1.807) is 7.05 Å². The van der Waals surface area contributed by atoms with Gasteiger partial charge in [-0.3, -0.25) is 9.59 Å². The summed E-state index contributed by atoms with van der Waals surface area (Å²) in [6.45, 7) is 2.89. The van der Waals surface area contributed by atoms with Gasteiger partial charge in [0.15, 0.2) is 0 Å². The molecule has 0 saturated carbocycles. The number of nitrogens with one attached hydrogen (secondary N) is 2. The molecule has 100 valence electrons. The summed E-state index contributed by atoms with van der Waals surface area (Å²) in [6.07, 6.45) is 2.22. The lowest BCUT2D eigenvalue weighted by Crippen LogP contribution is -2.27. The Labute approximate surface area is 107 Å². The quantitative estimate of drug-likeness (QED) is 0.373. The first-order valence-corrected chi connectivity index (χ1v) is 6.24. The highest BCUT2D eigenvalue weighted by molar-refractivity contribution is 6.13. The van der Waals surface area contributed by atoms with E-state index in [2.05, 4.69) is 10.2 Å². The standard InChI is InChI=1S/C11H21ClN2O3/c1-3-9(11(16)13-2)5-6-10(15)17-8-4-7-14-12/h9,14H,3-8H2,1-2H3,(H,13,16)/t9-/m0/s1. The van der Waals surface area contributed by atoms with Crippen molar-refractivity contribution in [2.75, 3.05) is 20.2 Å². The minimum Gasteiger partial charge on any atom is -0.466 e. The summed E-state index contributed by atoms with van der Waals surface area (Å²) in [5, 5.41) is 2.59. The summed E-state index contributed by atoms with van der Waals surface area (Å²) in [6, 6.07) is 0. The molecular formula is C11H21ClN2O3. The number of amides is 1. The second kappa shape index (κ2) is 10.4. The van der Waals surface area contributed by atoms with Crippen molar-refractivity contribution >= 4 is 23.7 Å². The SMILES string of the molecule is CC[C@@H](CCC(=O)OCCCNCl)C(=O)NC. The van der Waals surface area contributed by atoms with Gasteiger partial charge >= 0.3 is 5.97 Å². The van der Waals surface area contributed by atoms with Crippen LogP contribution >= 0.6 is 11.8 Å². The van der Waals surface area contributed by atoms with Crippen LogP contribution in [0.1, 0.15) is 32.6 Å². The fourth-order valence-corrected chi connectivity index (χ4v) is 1.55. The van der Waals surface area contributed by atoms with Gasteiger partial charge in [0, 0.05) is 25.9 Å². The molecule has 1 amide bonds. The van der Waals surface area contributed by atoms with Gasteiger partial charge in [-0.25, -0.2) is 4.84 Å². The van der Waals surface area contributed by atoms with Gasteiger partial charge in [-0.15, -0.1) is 0 Å². The van der Waals surface area contributed by atoms with Crippen LogP contribution in [0.15, 0.2) is 0 Å². The van der Waals surface area contributed by atoms with E-state index in [1.807, 2.05) is 6.92 Å². The van der Waals surface area contributed by atoms with Crippen LogP contribution < -0.4 is 10.2 Å². The van der Waals surface area contributed by atoms with Crippen LogP contribution in [0.4, 0.5) is 0 Å². The van der Waals surface area contributed by atoms with E-state index in [4.69, 9.17) is 16.5 Å². The number of esters is 1. The maximum Gasteiger partial charge on any atom is 0.305 e. The Kier molecular flexibility index (Phi) is 9.86. The van der Waals surface area contributed by atoms with E-state index >= 15 is 0 Å². The average Bonchev–Trinajstić information content (AvgIpc) is 2.35. The Bertz CT molecular complexity index is 237. The summed E-state index contributed by atoms with van der Waals surface area (Å²) in [5.74, 6) is -0.398. The Balaban J connectivity index is 3.70. The first-order chi connectivity index (χ1) is 8.15. The normalized spacial score (nSPS) is 11.9. The van der Waals surface area contributed by atoms with Gasteiger partial charge in [0.05, 0.1) is 6.61 Å². The number of hydrogen-bond donors (Lipinski definition) is 2. The number of hydrogen-bond acceptors (Lipinski definition) is 4. The predicted molar refractivity (Wildman–Crippen MR) is 66.5 cm³/mol. The molecule has 0 heterocycles. The van der Waals surface area contributed by atoms with E-state index in [0.717, 1.165) is 6.42 Å². The van der Waals surface area contributed by atoms with Crippen molar-refractivity contribution in [3.05, 3.63) is 0 Å². The van der Waals surface area contributed by atoms with Crippen LogP contribution in [0.5, 0.6) is 0 Å². The minimum atomic E-state index is -0.262. The van der Waals surface area contributed by atoms with Crippen molar-refractivity contribution in [2.24, 2.45) is 5.92 Å². The highest BCUT2D eigenvalue weighted by Gasteiger charge is 2.16. The zero-order valence-electron chi connectivity index (χ0n) is 10.4. The Hall–Kier alpha value is -0.810. The van der Waals surface area contributed by atoms with Crippen LogP contribution in [-0.4, -0.2) is 32.1 Å². The first kappa shape index (κ1) is 16.2. The molecule has 0 aromatic carbocycles. The maximum atomic E-state index is 11.4. The molecule has 6 heteroatoms. The van der Waals surface area contributed by atoms with Crippen LogP contribution in [0.2, 0.25) is 0 Å². The summed E-state index contributed by atoms with van der Waals surface area (Å²) < 4.78 is 4.98. The number of halogens is 1. The molecule has 0 aliphatic heterocycles. The van der Waals surface area contributed by atoms with Crippen molar-refractivity contribution in [1.82, 2.24) is 10.2 Å². The number of carbonyl (C=O) groups excluding carboxylic acids is 2. The fraction of sp³-hybridized carbons (Fsp3) is 0.818. The first-order valence-electron chi connectivity index (χ1n) is 5.86. The van der Waals surface area contributed by atoms with Crippen LogP contribution in [0.3, 0.4) is 0 Å². The molecule has 0 fully saturated rings. The van der Waals surface area contributed by atoms with E-state index in [-0.39, 0.29) is 24.2 Å². The van der Waals surface area contributed by atoms with E-state index in [9.17, 15) is 9.59 Å². The van der Waals surface area contributed by atoms with E-state index in [0.29, 0.717) is 26.0 Å². The minimum absolute atomic E-state index is 0.0216. The molecule has 0 aliphatic rings. The second-order valence-electron chi connectivity index (χ2n) is 3.72. The van der Waals surface area contributed by atoms with Crippen LogP contribution in [-0.2, 0) is 14.3 Å². The molecule has 0 spiro atoms. The zero-order chi connectivity index (χ0) is 13.1. The van der Waals surface area contributed by atoms with E-state index < -0.39 is 0 Å². The average molecular weight is 265 g/mol. The zero-order valence-corrected chi connectivity index (χ0v) is 11.2. The smallest absolute Gasteiger partial charge is 0.305 e. The molecule has 0 radical (unpaired) electrons. The Morgan fingerprint density at radius 2 is 2.12 bits per heavy atom. The summed E-state index contributed by atoms with van der Waals surface area (Å²) >= 11 is 5.25. The molecule has 0 bridgehead atoms. The summed E-state index contributed by atoms with van der Waals surface area (Å²) in [5.41, 5.74) is 0. The van der Waals surface area contributed by atoms with Crippen LogP contribution in [0, 0.1) is 5.92 Å². The van der Waals surface area contributed by atoms with E-state index in [1.165, 1.54) is 0 Å². The van der Waals surface area contributed by atoms with Gasteiger partial charge in [0.1, 0.15) is 0 Å². The fourth-order valence-electron chi connectivity index (χ4n) is 1.41. The third-order valence-corrected chi connectivity index (χ3v) is 2.67. The number of rotatable bonds is 9. The largest absolute Gasteiger partial charge is 0.466 e. The van der Waals surface area contributed by atoms with Crippen molar-refractivity contribution in [2.45, 2.75) is 32.6 Å². The van der Waals surface area contributed by atoms with Crippen LogP contribution in [0.25, 0.3) is 0 Å². The van der Waals surface area contributed by atoms with Crippen molar-refractivity contribution < 1.29 is 14.3 Å². The number of carbonyl (C=O) groups is 2.